The Balaban J connectivity index is 1.53. The van der Waals surface area contributed by atoms with Gasteiger partial charge in [0.05, 0.1) is 46.2 Å². The van der Waals surface area contributed by atoms with Gasteiger partial charge in [-0.3, -0.25) is 9.59 Å². The first-order valence-electron chi connectivity index (χ1n) is 11.0. The minimum Gasteiger partial charge on any atom is -0.472 e. The molecule has 0 atom stereocenters. The van der Waals surface area contributed by atoms with Crippen LogP contribution in [-0.4, -0.2) is 17.8 Å². The Kier molecular flexibility index (Phi) is 7.56. The molecule has 0 aliphatic rings. The number of alkyl halides is 6. The van der Waals surface area contributed by atoms with Gasteiger partial charge in [-0.05, 0) is 48.5 Å². The van der Waals surface area contributed by atoms with E-state index in [1.165, 1.54) is 24.7 Å². The SMILES string of the molecule is O=C(Nc1ccc(NC(=O)c2ccoc2)cc1C(F)(F)F)Nc1ccc(NC(=O)c2ccoc2)cc1C(F)(F)F. The normalized spacial score (nSPS) is 11.6. The number of halogens is 6. The number of hydrogen-bond acceptors (Lipinski definition) is 5. The van der Waals surface area contributed by atoms with Crippen LogP contribution in [0.15, 0.2) is 82.4 Å². The molecule has 4 N–H and O–H groups in total. The molecule has 0 saturated heterocycles. The van der Waals surface area contributed by atoms with E-state index in [-0.39, 0.29) is 22.5 Å². The molecule has 0 aliphatic carbocycles. The molecule has 40 heavy (non-hydrogen) atoms. The lowest BCUT2D eigenvalue weighted by Crippen LogP contribution is -2.24. The van der Waals surface area contributed by atoms with Gasteiger partial charge in [0.1, 0.15) is 12.5 Å². The van der Waals surface area contributed by atoms with Gasteiger partial charge in [0, 0.05) is 11.4 Å². The maximum atomic E-state index is 13.7. The number of carbonyl (C=O) groups excluding carboxylic acids is 3. The zero-order valence-corrected chi connectivity index (χ0v) is 19.7. The maximum Gasteiger partial charge on any atom is 0.418 e. The Bertz CT molecular complexity index is 1420. The van der Waals surface area contributed by atoms with Crippen LogP contribution in [0.1, 0.15) is 31.8 Å². The van der Waals surface area contributed by atoms with E-state index in [0.29, 0.717) is 12.1 Å². The molecular weight excluding hydrogens is 550 g/mol. The second-order valence-electron chi connectivity index (χ2n) is 8.03. The van der Waals surface area contributed by atoms with Crippen LogP contribution in [0.25, 0.3) is 0 Å². The van der Waals surface area contributed by atoms with Crippen molar-refractivity contribution in [2.24, 2.45) is 0 Å². The Morgan fingerprint density at radius 1 is 0.575 bits per heavy atom. The Labute approximate surface area is 220 Å². The van der Waals surface area contributed by atoms with Crippen LogP contribution >= 0.6 is 0 Å². The van der Waals surface area contributed by atoms with Crippen molar-refractivity contribution in [1.29, 1.82) is 0 Å². The van der Waals surface area contributed by atoms with Crippen molar-refractivity contribution < 1.29 is 49.6 Å². The van der Waals surface area contributed by atoms with Crippen molar-refractivity contribution in [1.82, 2.24) is 0 Å². The average molecular weight is 566 g/mol. The molecule has 0 unspecified atom stereocenters. The number of hydrogen-bond donors (Lipinski definition) is 4. The summed E-state index contributed by atoms with van der Waals surface area (Å²) >= 11 is 0. The molecule has 0 fully saturated rings. The van der Waals surface area contributed by atoms with Gasteiger partial charge >= 0.3 is 18.4 Å². The van der Waals surface area contributed by atoms with Crippen LogP contribution in [0.2, 0.25) is 0 Å². The lowest BCUT2D eigenvalue weighted by Gasteiger charge is -2.18. The van der Waals surface area contributed by atoms with Gasteiger partial charge in [-0.25, -0.2) is 4.79 Å². The summed E-state index contributed by atoms with van der Waals surface area (Å²) < 4.78 is 91.7. The molecule has 0 aliphatic heterocycles. The van der Waals surface area contributed by atoms with Gasteiger partial charge in [0.25, 0.3) is 11.8 Å². The maximum absolute atomic E-state index is 13.7. The summed E-state index contributed by atoms with van der Waals surface area (Å²) in [5.41, 5.74) is -4.77. The predicted octanol–water partition coefficient (Wildman–Crippen LogP) is 7.06. The highest BCUT2D eigenvalue weighted by Crippen LogP contribution is 2.38. The summed E-state index contributed by atoms with van der Waals surface area (Å²) in [5.74, 6) is -1.52. The topological polar surface area (TPSA) is 126 Å². The number of anilines is 4. The molecule has 0 spiro atoms. The fourth-order valence-corrected chi connectivity index (χ4v) is 3.40. The minimum atomic E-state index is -5.01. The Morgan fingerprint density at radius 3 is 1.30 bits per heavy atom. The van der Waals surface area contributed by atoms with Crippen LogP contribution in [0.5, 0.6) is 0 Å². The first kappa shape index (κ1) is 27.8. The highest BCUT2D eigenvalue weighted by atomic mass is 19.4. The smallest absolute Gasteiger partial charge is 0.418 e. The quantitative estimate of drug-likeness (QED) is 0.186. The van der Waals surface area contributed by atoms with Crippen LogP contribution < -0.4 is 21.3 Å². The number of carbonyl (C=O) groups is 3. The van der Waals surface area contributed by atoms with E-state index < -0.39 is 52.7 Å². The fraction of sp³-hybridized carbons (Fsp3) is 0.0800. The zero-order valence-electron chi connectivity index (χ0n) is 19.7. The van der Waals surface area contributed by atoms with E-state index >= 15 is 0 Å². The molecule has 4 aromatic rings. The molecule has 208 valence electrons. The zero-order chi connectivity index (χ0) is 29.1. The molecule has 0 saturated carbocycles. The third kappa shape index (κ3) is 6.61. The van der Waals surface area contributed by atoms with Crippen LogP contribution in [0.3, 0.4) is 0 Å². The van der Waals surface area contributed by atoms with Gasteiger partial charge in [-0.1, -0.05) is 0 Å². The molecular formula is C25H16F6N4O5. The molecule has 15 heteroatoms. The highest BCUT2D eigenvalue weighted by Gasteiger charge is 2.36. The average Bonchev–Trinajstić information content (AvgIpc) is 3.59. The van der Waals surface area contributed by atoms with Crippen molar-refractivity contribution in [3.8, 4) is 0 Å². The van der Waals surface area contributed by atoms with E-state index in [1.807, 2.05) is 10.6 Å². The van der Waals surface area contributed by atoms with Crippen molar-refractivity contribution in [3.63, 3.8) is 0 Å². The van der Waals surface area contributed by atoms with Crippen LogP contribution in [0, 0.1) is 0 Å². The number of nitrogens with one attached hydrogen (secondary N) is 4. The first-order valence-corrected chi connectivity index (χ1v) is 11.0. The number of furan rings is 2. The van der Waals surface area contributed by atoms with Crippen LogP contribution in [-0.2, 0) is 12.4 Å². The molecule has 0 radical (unpaired) electrons. The van der Waals surface area contributed by atoms with Gasteiger partial charge in [-0.2, -0.15) is 26.3 Å². The molecule has 4 rings (SSSR count). The molecule has 2 aromatic carbocycles. The van der Waals surface area contributed by atoms with Gasteiger partial charge in [0.2, 0.25) is 0 Å². The van der Waals surface area contributed by atoms with E-state index in [9.17, 15) is 40.7 Å². The summed E-state index contributed by atoms with van der Waals surface area (Å²) in [4.78, 5) is 36.7. The van der Waals surface area contributed by atoms with Crippen LogP contribution in [0.4, 0.5) is 53.9 Å². The third-order valence-corrected chi connectivity index (χ3v) is 5.23. The number of amides is 4. The Morgan fingerprint density at radius 2 is 0.975 bits per heavy atom. The second kappa shape index (κ2) is 10.9. The van der Waals surface area contributed by atoms with E-state index in [4.69, 9.17) is 8.83 Å². The molecule has 0 bridgehead atoms. The summed E-state index contributed by atoms with van der Waals surface area (Å²) in [7, 11) is 0. The summed E-state index contributed by atoms with van der Waals surface area (Å²) in [6.45, 7) is 0. The fourth-order valence-electron chi connectivity index (χ4n) is 3.40. The highest BCUT2D eigenvalue weighted by molar-refractivity contribution is 6.06. The van der Waals surface area contributed by atoms with Gasteiger partial charge < -0.3 is 30.1 Å². The molecule has 4 amide bonds. The monoisotopic (exact) mass is 566 g/mol. The first-order chi connectivity index (χ1) is 18.8. The van der Waals surface area contributed by atoms with E-state index in [2.05, 4.69) is 10.6 Å². The number of rotatable bonds is 6. The number of benzene rings is 2. The lowest BCUT2D eigenvalue weighted by molar-refractivity contribution is -0.137. The molecule has 2 aromatic heterocycles. The number of urea groups is 1. The summed E-state index contributed by atoms with van der Waals surface area (Å²) in [5, 5.41) is 8.23. The van der Waals surface area contributed by atoms with Crippen molar-refractivity contribution >= 4 is 40.6 Å². The predicted molar refractivity (Wildman–Crippen MR) is 129 cm³/mol. The molecule has 9 nitrogen and oxygen atoms in total. The largest absolute Gasteiger partial charge is 0.472 e. The van der Waals surface area contributed by atoms with Crippen molar-refractivity contribution in [2.45, 2.75) is 12.4 Å². The standard InChI is InChI=1S/C25H16F6N4O5/c26-24(27,28)17-9-15(32-21(36)13-5-7-39-11-13)1-3-19(17)34-23(38)35-20-4-2-16(10-18(20)25(29,30)31)33-22(37)14-6-8-40-12-14/h1-12H,(H,32,36)(H,33,37)(H2,34,35,38). The third-order valence-electron chi connectivity index (χ3n) is 5.23. The van der Waals surface area contributed by atoms with Gasteiger partial charge in [-0.15, -0.1) is 0 Å². The van der Waals surface area contributed by atoms with Crippen molar-refractivity contribution in [2.75, 3.05) is 21.3 Å². The van der Waals surface area contributed by atoms with Gasteiger partial charge in [0.15, 0.2) is 0 Å². The minimum absolute atomic E-state index is 0.0441. The van der Waals surface area contributed by atoms with E-state index in [1.54, 1.807) is 0 Å². The summed E-state index contributed by atoms with van der Waals surface area (Å²) in [6, 6.07) is 6.02. The Hall–Kier alpha value is -5.21. The molecule has 2 heterocycles. The van der Waals surface area contributed by atoms with Crippen molar-refractivity contribution in [3.05, 3.63) is 95.8 Å². The summed E-state index contributed by atoms with van der Waals surface area (Å²) in [6.07, 6.45) is -5.48. The lowest BCUT2D eigenvalue weighted by atomic mass is 10.1. The second-order valence-corrected chi connectivity index (χ2v) is 8.03. The van der Waals surface area contributed by atoms with E-state index in [0.717, 1.165) is 36.8 Å².